The molecule has 1 aromatic heterocycles. The predicted octanol–water partition coefficient (Wildman–Crippen LogP) is 0.554. The molecule has 0 saturated carbocycles. The predicted molar refractivity (Wildman–Crippen MR) is 67.1 cm³/mol. The van der Waals surface area contributed by atoms with Crippen LogP contribution in [0.3, 0.4) is 0 Å². The maximum atomic E-state index is 4.27. The number of nitrogens with one attached hydrogen (secondary N) is 2. The minimum atomic E-state index is 0.856. The van der Waals surface area contributed by atoms with Crippen LogP contribution in [-0.4, -0.2) is 53.5 Å². The van der Waals surface area contributed by atoms with E-state index in [2.05, 4.69) is 24.9 Å². The Morgan fingerprint density at radius 1 is 1.44 bits per heavy atom. The first-order valence-electron chi connectivity index (χ1n) is 5.82. The standard InChI is InChI=1S/C10H19N5S/c1-9-13-10(16-14-9)12-3-2-6-15-7-4-11-5-8-15/h11H,2-8H2,1H3,(H,12,13,14). The summed E-state index contributed by atoms with van der Waals surface area (Å²) in [4.78, 5) is 6.77. The van der Waals surface area contributed by atoms with Crippen molar-refractivity contribution < 1.29 is 0 Å². The van der Waals surface area contributed by atoms with Gasteiger partial charge in [-0.1, -0.05) is 0 Å². The Kier molecular flexibility index (Phi) is 4.50. The third kappa shape index (κ3) is 3.70. The fourth-order valence-electron chi connectivity index (χ4n) is 1.80. The summed E-state index contributed by atoms with van der Waals surface area (Å²) in [6, 6.07) is 0. The van der Waals surface area contributed by atoms with Crippen molar-refractivity contribution in [3.63, 3.8) is 0 Å². The van der Waals surface area contributed by atoms with E-state index in [9.17, 15) is 0 Å². The molecule has 16 heavy (non-hydrogen) atoms. The maximum absolute atomic E-state index is 4.27. The van der Waals surface area contributed by atoms with Crippen molar-refractivity contribution >= 4 is 16.7 Å². The number of hydrogen-bond acceptors (Lipinski definition) is 6. The summed E-state index contributed by atoms with van der Waals surface area (Å²) in [5, 5.41) is 7.61. The van der Waals surface area contributed by atoms with Gasteiger partial charge in [-0.15, -0.1) is 0 Å². The molecule has 2 heterocycles. The van der Waals surface area contributed by atoms with Crippen molar-refractivity contribution in [2.75, 3.05) is 44.6 Å². The van der Waals surface area contributed by atoms with Crippen molar-refractivity contribution in [3.05, 3.63) is 5.82 Å². The van der Waals surface area contributed by atoms with Crippen molar-refractivity contribution in [3.8, 4) is 0 Å². The molecule has 1 aromatic rings. The molecular formula is C10H19N5S. The average Bonchev–Trinajstić information content (AvgIpc) is 2.72. The van der Waals surface area contributed by atoms with Crippen LogP contribution in [0.4, 0.5) is 5.13 Å². The van der Waals surface area contributed by atoms with E-state index in [-0.39, 0.29) is 0 Å². The van der Waals surface area contributed by atoms with E-state index in [0.717, 1.165) is 30.6 Å². The number of hydrogen-bond donors (Lipinski definition) is 2. The second kappa shape index (κ2) is 6.12. The van der Waals surface area contributed by atoms with Gasteiger partial charge in [0.05, 0.1) is 0 Å². The van der Waals surface area contributed by atoms with E-state index in [0.29, 0.717) is 0 Å². The van der Waals surface area contributed by atoms with Crippen LogP contribution < -0.4 is 10.6 Å². The van der Waals surface area contributed by atoms with Gasteiger partial charge in [-0.05, 0) is 19.9 Å². The molecule has 1 aliphatic heterocycles. The van der Waals surface area contributed by atoms with Crippen LogP contribution in [-0.2, 0) is 0 Å². The molecule has 0 spiro atoms. The summed E-state index contributed by atoms with van der Waals surface area (Å²) >= 11 is 1.44. The molecule has 0 bridgehead atoms. The highest BCUT2D eigenvalue weighted by Crippen LogP contribution is 2.09. The normalized spacial score (nSPS) is 17.6. The lowest BCUT2D eigenvalue weighted by Gasteiger charge is -2.26. The van der Waals surface area contributed by atoms with Crippen molar-refractivity contribution in [1.29, 1.82) is 0 Å². The van der Waals surface area contributed by atoms with Gasteiger partial charge in [0.15, 0.2) is 0 Å². The first-order chi connectivity index (χ1) is 7.84. The third-order valence-corrected chi connectivity index (χ3v) is 3.43. The Labute approximate surface area is 100 Å². The van der Waals surface area contributed by atoms with Crippen LogP contribution in [0, 0.1) is 6.92 Å². The number of aryl methyl sites for hydroxylation is 1. The van der Waals surface area contributed by atoms with Crippen molar-refractivity contribution in [1.82, 2.24) is 19.6 Å². The minimum Gasteiger partial charge on any atom is -0.360 e. The zero-order chi connectivity index (χ0) is 11.2. The highest BCUT2D eigenvalue weighted by atomic mass is 32.1. The molecule has 5 nitrogen and oxygen atoms in total. The molecule has 2 N–H and O–H groups in total. The van der Waals surface area contributed by atoms with Crippen LogP contribution in [0.25, 0.3) is 0 Å². The molecule has 1 aliphatic rings. The van der Waals surface area contributed by atoms with Crippen LogP contribution in [0.15, 0.2) is 0 Å². The first kappa shape index (κ1) is 11.8. The van der Waals surface area contributed by atoms with E-state index in [1.165, 1.54) is 37.6 Å². The smallest absolute Gasteiger partial charge is 0.202 e. The molecular weight excluding hydrogens is 222 g/mol. The Morgan fingerprint density at radius 2 is 2.25 bits per heavy atom. The molecule has 0 unspecified atom stereocenters. The molecule has 1 saturated heterocycles. The zero-order valence-corrected chi connectivity index (χ0v) is 10.5. The Balaban J connectivity index is 1.57. The number of anilines is 1. The van der Waals surface area contributed by atoms with Gasteiger partial charge in [0.25, 0.3) is 0 Å². The van der Waals surface area contributed by atoms with Gasteiger partial charge in [-0.2, -0.15) is 4.37 Å². The molecule has 0 aromatic carbocycles. The van der Waals surface area contributed by atoms with E-state index in [1.807, 2.05) is 6.92 Å². The maximum Gasteiger partial charge on any atom is 0.202 e. The van der Waals surface area contributed by atoms with Gasteiger partial charge < -0.3 is 15.5 Å². The topological polar surface area (TPSA) is 53.1 Å². The lowest BCUT2D eigenvalue weighted by atomic mass is 10.3. The van der Waals surface area contributed by atoms with Gasteiger partial charge in [0, 0.05) is 44.3 Å². The quantitative estimate of drug-likeness (QED) is 0.738. The van der Waals surface area contributed by atoms with Gasteiger partial charge >= 0.3 is 0 Å². The second-order valence-electron chi connectivity index (χ2n) is 4.02. The van der Waals surface area contributed by atoms with Crippen molar-refractivity contribution in [2.45, 2.75) is 13.3 Å². The van der Waals surface area contributed by atoms with Gasteiger partial charge in [-0.3, -0.25) is 0 Å². The van der Waals surface area contributed by atoms with E-state index < -0.39 is 0 Å². The van der Waals surface area contributed by atoms with Crippen LogP contribution in [0.1, 0.15) is 12.2 Å². The van der Waals surface area contributed by atoms with Gasteiger partial charge in [0.2, 0.25) is 5.13 Å². The monoisotopic (exact) mass is 241 g/mol. The number of piperazine rings is 1. The summed E-state index contributed by atoms with van der Waals surface area (Å²) in [7, 11) is 0. The van der Waals surface area contributed by atoms with E-state index in [1.54, 1.807) is 0 Å². The van der Waals surface area contributed by atoms with Gasteiger partial charge in [0.1, 0.15) is 5.82 Å². The summed E-state index contributed by atoms with van der Waals surface area (Å²) in [6.07, 6.45) is 1.17. The van der Waals surface area contributed by atoms with E-state index in [4.69, 9.17) is 0 Å². The molecule has 6 heteroatoms. The second-order valence-corrected chi connectivity index (χ2v) is 4.77. The van der Waals surface area contributed by atoms with Gasteiger partial charge in [-0.25, -0.2) is 4.98 Å². The largest absolute Gasteiger partial charge is 0.360 e. The average molecular weight is 241 g/mol. The molecule has 0 amide bonds. The lowest BCUT2D eigenvalue weighted by molar-refractivity contribution is 0.240. The van der Waals surface area contributed by atoms with E-state index >= 15 is 0 Å². The fraction of sp³-hybridized carbons (Fsp3) is 0.800. The van der Waals surface area contributed by atoms with Crippen LogP contribution >= 0.6 is 11.5 Å². The SMILES string of the molecule is Cc1nsc(NCCCN2CCNCC2)n1. The highest BCUT2D eigenvalue weighted by molar-refractivity contribution is 7.09. The number of rotatable bonds is 5. The Bertz CT molecular complexity index is 308. The number of nitrogens with zero attached hydrogens (tertiary/aromatic N) is 3. The molecule has 0 radical (unpaired) electrons. The summed E-state index contributed by atoms with van der Waals surface area (Å²) in [5.41, 5.74) is 0. The molecule has 0 atom stereocenters. The number of aromatic nitrogens is 2. The van der Waals surface area contributed by atoms with Crippen molar-refractivity contribution in [2.24, 2.45) is 0 Å². The Morgan fingerprint density at radius 3 is 2.94 bits per heavy atom. The summed E-state index contributed by atoms with van der Waals surface area (Å²) < 4.78 is 4.13. The highest BCUT2D eigenvalue weighted by Gasteiger charge is 2.08. The zero-order valence-electron chi connectivity index (χ0n) is 9.70. The lowest BCUT2D eigenvalue weighted by Crippen LogP contribution is -2.44. The molecule has 1 fully saturated rings. The fourth-order valence-corrected chi connectivity index (χ4v) is 2.40. The van der Waals surface area contributed by atoms with Crippen LogP contribution in [0.5, 0.6) is 0 Å². The summed E-state index contributed by atoms with van der Waals surface area (Å²) in [6.45, 7) is 8.69. The molecule has 0 aliphatic carbocycles. The minimum absolute atomic E-state index is 0.856. The molecule has 2 rings (SSSR count). The Hall–Kier alpha value is -0.720. The van der Waals surface area contributed by atoms with Crippen LogP contribution in [0.2, 0.25) is 0 Å². The summed E-state index contributed by atoms with van der Waals surface area (Å²) in [5.74, 6) is 0.856. The first-order valence-corrected chi connectivity index (χ1v) is 6.59. The third-order valence-electron chi connectivity index (χ3n) is 2.66. The molecule has 90 valence electrons.